The topological polar surface area (TPSA) is 102 Å². The number of amides is 1. The normalized spacial score (nSPS) is 10.8. The molecule has 0 saturated heterocycles. The first-order valence-electron chi connectivity index (χ1n) is 6.96. The summed E-state index contributed by atoms with van der Waals surface area (Å²) in [7, 11) is -2.20. The highest BCUT2D eigenvalue weighted by atomic mass is 35.5. The number of rotatable bonds is 5. The van der Waals surface area contributed by atoms with Crippen LogP contribution in [0.4, 0.5) is 11.4 Å². The predicted molar refractivity (Wildman–Crippen MR) is 95.7 cm³/mol. The summed E-state index contributed by atoms with van der Waals surface area (Å²) >= 11 is 6.01. The Morgan fingerprint density at radius 2 is 1.64 bits per heavy atom. The molecule has 0 radical (unpaired) electrons. The van der Waals surface area contributed by atoms with Gasteiger partial charge in [-0.1, -0.05) is 11.6 Å². The van der Waals surface area contributed by atoms with Crippen LogP contribution in [0.1, 0.15) is 20.7 Å². The second-order valence-corrected chi connectivity index (χ2v) is 7.25. The smallest absolute Gasteiger partial charge is 0.337 e. The van der Waals surface area contributed by atoms with E-state index in [4.69, 9.17) is 11.6 Å². The fourth-order valence-electron chi connectivity index (χ4n) is 1.98. The number of ether oxygens (including phenoxy) is 1. The fraction of sp³-hybridized carbons (Fsp3) is 0.125. The van der Waals surface area contributed by atoms with E-state index in [0.717, 1.165) is 6.26 Å². The lowest BCUT2D eigenvalue weighted by molar-refractivity contribution is 0.0600. The maximum absolute atomic E-state index is 12.4. The van der Waals surface area contributed by atoms with Gasteiger partial charge in [0.05, 0.1) is 29.5 Å². The highest BCUT2D eigenvalue weighted by Crippen LogP contribution is 2.22. The Morgan fingerprint density at radius 1 is 1.04 bits per heavy atom. The van der Waals surface area contributed by atoms with Crippen LogP contribution in [0.2, 0.25) is 5.02 Å². The number of hydrogen-bond acceptors (Lipinski definition) is 5. The number of methoxy groups -OCH3 is 1. The Bertz CT molecular complexity index is 911. The molecule has 0 atom stereocenters. The van der Waals surface area contributed by atoms with Gasteiger partial charge in [-0.2, -0.15) is 0 Å². The molecule has 25 heavy (non-hydrogen) atoms. The number of halogens is 1. The van der Waals surface area contributed by atoms with Gasteiger partial charge in [0, 0.05) is 11.4 Å². The Labute approximate surface area is 150 Å². The summed E-state index contributed by atoms with van der Waals surface area (Å²) in [6.45, 7) is 0. The maximum Gasteiger partial charge on any atom is 0.337 e. The quantitative estimate of drug-likeness (QED) is 0.774. The molecular formula is C16H15ClN2O5S. The highest BCUT2D eigenvalue weighted by Gasteiger charge is 2.13. The summed E-state index contributed by atoms with van der Waals surface area (Å²) in [5.41, 5.74) is 1.11. The lowest BCUT2D eigenvalue weighted by Crippen LogP contribution is -2.14. The lowest BCUT2D eigenvalue weighted by Gasteiger charge is -2.10. The third-order valence-corrected chi connectivity index (χ3v) is 4.01. The van der Waals surface area contributed by atoms with E-state index in [1.165, 1.54) is 49.6 Å². The van der Waals surface area contributed by atoms with Crippen molar-refractivity contribution in [2.24, 2.45) is 0 Å². The molecule has 0 aliphatic rings. The Hall–Kier alpha value is -2.58. The molecule has 2 aromatic rings. The van der Waals surface area contributed by atoms with Crippen molar-refractivity contribution in [1.82, 2.24) is 0 Å². The molecule has 0 bridgehead atoms. The van der Waals surface area contributed by atoms with E-state index in [9.17, 15) is 18.0 Å². The third kappa shape index (κ3) is 5.20. The van der Waals surface area contributed by atoms with Crippen molar-refractivity contribution in [3.05, 3.63) is 58.6 Å². The third-order valence-electron chi connectivity index (χ3n) is 3.08. The first kappa shape index (κ1) is 18.8. The first-order chi connectivity index (χ1) is 11.7. The van der Waals surface area contributed by atoms with Crippen molar-refractivity contribution < 1.29 is 22.7 Å². The van der Waals surface area contributed by atoms with Crippen molar-refractivity contribution in [1.29, 1.82) is 0 Å². The van der Waals surface area contributed by atoms with E-state index in [1.807, 2.05) is 0 Å². The molecule has 2 aromatic carbocycles. The van der Waals surface area contributed by atoms with Crippen LogP contribution in [0, 0.1) is 0 Å². The van der Waals surface area contributed by atoms with Gasteiger partial charge in [0.25, 0.3) is 5.91 Å². The molecule has 0 unspecified atom stereocenters. The summed E-state index contributed by atoms with van der Waals surface area (Å²) in [5, 5.41) is 2.79. The van der Waals surface area contributed by atoms with Crippen LogP contribution in [0.25, 0.3) is 0 Å². The second kappa shape index (κ2) is 7.54. The van der Waals surface area contributed by atoms with Crippen LogP contribution in [0.15, 0.2) is 42.5 Å². The number of esters is 1. The van der Waals surface area contributed by atoms with Gasteiger partial charge >= 0.3 is 5.97 Å². The average Bonchev–Trinajstić information content (AvgIpc) is 2.55. The molecule has 0 saturated carbocycles. The van der Waals surface area contributed by atoms with Crippen LogP contribution in [0.5, 0.6) is 0 Å². The molecule has 0 fully saturated rings. The molecule has 9 heteroatoms. The van der Waals surface area contributed by atoms with Crippen LogP contribution in [0.3, 0.4) is 0 Å². The summed E-state index contributed by atoms with van der Waals surface area (Å²) < 4.78 is 29.4. The van der Waals surface area contributed by atoms with Crippen molar-refractivity contribution in [2.45, 2.75) is 0 Å². The van der Waals surface area contributed by atoms with Gasteiger partial charge in [0.2, 0.25) is 10.0 Å². The molecule has 132 valence electrons. The molecule has 2 rings (SSSR count). The minimum absolute atomic E-state index is 0.104. The molecule has 7 nitrogen and oxygen atoms in total. The molecule has 0 aliphatic carbocycles. The number of anilines is 2. The number of carbonyl (C=O) groups excluding carboxylic acids is 2. The van der Waals surface area contributed by atoms with Gasteiger partial charge in [0.15, 0.2) is 0 Å². The van der Waals surface area contributed by atoms with E-state index in [2.05, 4.69) is 14.8 Å². The number of benzene rings is 2. The van der Waals surface area contributed by atoms with Crippen molar-refractivity contribution >= 4 is 44.9 Å². The molecule has 1 amide bonds. The molecule has 0 aliphatic heterocycles. The van der Waals surface area contributed by atoms with Gasteiger partial charge in [-0.15, -0.1) is 0 Å². The van der Waals surface area contributed by atoms with Gasteiger partial charge < -0.3 is 10.1 Å². The summed E-state index contributed by atoms with van der Waals surface area (Å²) in [6, 6.07) is 10.3. The standard InChI is InChI=1S/C16H15ClN2O5S/c1-24-16(21)10-3-5-11(6-4-10)18-15(20)13-9-12(7-8-14(13)17)19-25(2,22)23/h3-9,19H,1-2H3,(H,18,20). The maximum atomic E-state index is 12.4. The Kier molecular flexibility index (Phi) is 5.66. The molecule has 0 spiro atoms. The summed E-state index contributed by atoms with van der Waals surface area (Å²) in [5.74, 6) is -1.01. The molecule has 0 aromatic heterocycles. The molecular weight excluding hydrogens is 368 g/mol. The number of sulfonamides is 1. The zero-order valence-electron chi connectivity index (χ0n) is 13.4. The van der Waals surface area contributed by atoms with Crippen LogP contribution in [-0.2, 0) is 14.8 Å². The first-order valence-corrected chi connectivity index (χ1v) is 9.23. The van der Waals surface area contributed by atoms with Gasteiger partial charge in [-0.25, -0.2) is 13.2 Å². The number of nitrogens with one attached hydrogen (secondary N) is 2. The largest absolute Gasteiger partial charge is 0.465 e. The summed E-state index contributed by atoms with van der Waals surface area (Å²) in [4.78, 5) is 23.7. The van der Waals surface area contributed by atoms with Crippen LogP contribution in [-0.4, -0.2) is 33.7 Å². The average molecular weight is 383 g/mol. The highest BCUT2D eigenvalue weighted by molar-refractivity contribution is 7.92. The zero-order valence-corrected chi connectivity index (χ0v) is 14.9. The molecule has 2 N–H and O–H groups in total. The Morgan fingerprint density at radius 3 is 2.20 bits per heavy atom. The van der Waals surface area contributed by atoms with Gasteiger partial charge in [-0.3, -0.25) is 9.52 Å². The zero-order chi connectivity index (χ0) is 18.6. The predicted octanol–water partition coefficient (Wildman–Crippen LogP) is 2.75. The minimum Gasteiger partial charge on any atom is -0.465 e. The van der Waals surface area contributed by atoms with E-state index in [1.54, 1.807) is 0 Å². The SMILES string of the molecule is COC(=O)c1ccc(NC(=O)c2cc(NS(C)(=O)=O)ccc2Cl)cc1. The number of carbonyl (C=O) groups is 2. The van der Waals surface area contributed by atoms with Crippen LogP contribution < -0.4 is 10.0 Å². The van der Waals surface area contributed by atoms with Crippen LogP contribution >= 0.6 is 11.6 Å². The minimum atomic E-state index is -3.48. The lowest BCUT2D eigenvalue weighted by atomic mass is 10.1. The van der Waals surface area contributed by atoms with E-state index in [-0.39, 0.29) is 16.3 Å². The van der Waals surface area contributed by atoms with Gasteiger partial charge in [-0.05, 0) is 42.5 Å². The van der Waals surface area contributed by atoms with Gasteiger partial charge in [0.1, 0.15) is 0 Å². The summed E-state index contributed by atoms with van der Waals surface area (Å²) in [6.07, 6.45) is 1.00. The fourth-order valence-corrected chi connectivity index (χ4v) is 2.74. The van der Waals surface area contributed by atoms with Crippen molar-refractivity contribution in [3.63, 3.8) is 0 Å². The monoisotopic (exact) mass is 382 g/mol. The second-order valence-electron chi connectivity index (χ2n) is 5.09. The van der Waals surface area contributed by atoms with Crippen molar-refractivity contribution in [3.8, 4) is 0 Å². The van der Waals surface area contributed by atoms with E-state index in [0.29, 0.717) is 11.3 Å². The Balaban J connectivity index is 2.20. The van der Waals surface area contributed by atoms with Crippen molar-refractivity contribution in [2.75, 3.05) is 23.4 Å². The van der Waals surface area contributed by atoms with E-state index >= 15 is 0 Å². The van der Waals surface area contributed by atoms with E-state index < -0.39 is 21.9 Å². The molecule has 0 heterocycles. The number of hydrogen-bond donors (Lipinski definition) is 2.